The molecule has 114 valence electrons. The summed E-state index contributed by atoms with van der Waals surface area (Å²) in [5, 5.41) is 2.45. The van der Waals surface area contributed by atoms with Crippen LogP contribution in [0.5, 0.6) is 5.75 Å². The van der Waals surface area contributed by atoms with Crippen LogP contribution in [0, 0.1) is 0 Å². The fourth-order valence-electron chi connectivity index (χ4n) is 1.71. The molecule has 0 bridgehead atoms. The molecular weight excluding hydrogens is 281 g/mol. The van der Waals surface area contributed by atoms with E-state index in [1.165, 1.54) is 0 Å². The second-order valence-electron chi connectivity index (χ2n) is 4.45. The third kappa shape index (κ3) is 3.82. The summed E-state index contributed by atoms with van der Waals surface area (Å²) >= 11 is 0. The van der Waals surface area contributed by atoms with Crippen molar-refractivity contribution in [3.8, 4) is 5.75 Å². The Hall–Kier alpha value is -1.37. The molecule has 0 saturated heterocycles. The van der Waals surface area contributed by atoms with Crippen molar-refractivity contribution in [2.45, 2.75) is 38.6 Å². The van der Waals surface area contributed by atoms with Gasteiger partial charge in [0.25, 0.3) is 0 Å². The first-order chi connectivity index (χ1) is 9.20. The van der Waals surface area contributed by atoms with Gasteiger partial charge in [-0.2, -0.15) is 22.0 Å². The second-order valence-corrected chi connectivity index (χ2v) is 4.45. The Morgan fingerprint density at radius 2 is 1.70 bits per heavy atom. The zero-order valence-corrected chi connectivity index (χ0v) is 11.1. The lowest BCUT2D eigenvalue weighted by molar-refractivity contribution is -0.195. The normalized spacial score (nSPS) is 15.2. The van der Waals surface area contributed by atoms with Gasteiger partial charge in [0.2, 0.25) is 0 Å². The smallest absolute Gasteiger partial charge is 0.410 e. The predicted octanol–water partition coefficient (Wildman–Crippen LogP) is 4.07. The van der Waals surface area contributed by atoms with Crippen LogP contribution in [0.2, 0.25) is 0 Å². The molecule has 2 nitrogen and oxygen atoms in total. The third-order valence-corrected chi connectivity index (χ3v) is 2.95. The molecule has 1 aromatic rings. The number of ether oxygens (including phenoxy) is 1. The highest BCUT2D eigenvalue weighted by Crippen LogP contribution is 2.39. The van der Waals surface area contributed by atoms with Crippen LogP contribution in [0.1, 0.15) is 25.8 Å². The van der Waals surface area contributed by atoms with E-state index in [9.17, 15) is 22.0 Å². The van der Waals surface area contributed by atoms with Gasteiger partial charge in [0.15, 0.2) is 0 Å². The summed E-state index contributed by atoms with van der Waals surface area (Å²) in [6.07, 6.45) is -3.97. The molecule has 1 rings (SSSR count). The topological polar surface area (TPSA) is 21.3 Å². The highest BCUT2D eigenvalue weighted by molar-refractivity contribution is 5.32. The molecule has 0 aliphatic heterocycles. The molecule has 0 radical (unpaired) electrons. The van der Waals surface area contributed by atoms with E-state index < -0.39 is 18.3 Å². The monoisotopic (exact) mass is 297 g/mol. The quantitative estimate of drug-likeness (QED) is 0.799. The molecule has 1 unspecified atom stereocenters. The van der Waals surface area contributed by atoms with Gasteiger partial charge in [-0.3, -0.25) is 0 Å². The van der Waals surface area contributed by atoms with E-state index >= 15 is 0 Å². The zero-order valence-electron chi connectivity index (χ0n) is 11.1. The average molecular weight is 297 g/mol. The zero-order chi connectivity index (χ0) is 15.4. The molecule has 20 heavy (non-hydrogen) atoms. The van der Waals surface area contributed by atoms with Crippen LogP contribution in [0.4, 0.5) is 22.0 Å². The first-order valence-electron chi connectivity index (χ1n) is 6.08. The van der Waals surface area contributed by atoms with E-state index in [0.29, 0.717) is 6.42 Å². The van der Waals surface area contributed by atoms with Crippen LogP contribution in [0.15, 0.2) is 24.3 Å². The molecule has 0 aromatic heterocycles. The van der Waals surface area contributed by atoms with E-state index in [1.54, 1.807) is 6.92 Å². The highest BCUT2D eigenvalue weighted by Gasteiger charge is 2.51. The highest BCUT2D eigenvalue weighted by atomic mass is 19.4. The maximum Gasteiger partial charge on any atom is 0.410 e. The van der Waals surface area contributed by atoms with Crippen molar-refractivity contribution >= 4 is 0 Å². The first kappa shape index (κ1) is 16.7. The lowest BCUT2D eigenvalue weighted by atomic mass is 9.91. The van der Waals surface area contributed by atoms with E-state index in [1.807, 2.05) is 0 Å². The van der Waals surface area contributed by atoms with E-state index in [-0.39, 0.29) is 17.9 Å². The van der Waals surface area contributed by atoms with E-state index in [4.69, 9.17) is 0 Å². The van der Waals surface area contributed by atoms with Gasteiger partial charge in [-0.25, -0.2) is 0 Å². The number of hydrogen-bond acceptors (Lipinski definition) is 2. The van der Waals surface area contributed by atoms with Crippen molar-refractivity contribution in [1.29, 1.82) is 0 Å². The molecule has 1 aromatic carbocycles. The van der Waals surface area contributed by atoms with Crippen molar-refractivity contribution in [2.75, 3.05) is 6.54 Å². The summed E-state index contributed by atoms with van der Waals surface area (Å²) in [5.74, 6) is -0.177. The fourth-order valence-corrected chi connectivity index (χ4v) is 1.71. The van der Waals surface area contributed by atoms with Gasteiger partial charge < -0.3 is 10.1 Å². The van der Waals surface area contributed by atoms with Crippen molar-refractivity contribution in [3.63, 3.8) is 0 Å². The maximum absolute atomic E-state index is 13.2. The lowest BCUT2D eigenvalue weighted by Crippen LogP contribution is -2.51. The fraction of sp³-hybridized carbons (Fsp3) is 0.538. The summed E-state index contributed by atoms with van der Waals surface area (Å²) in [4.78, 5) is 0. The van der Waals surface area contributed by atoms with E-state index in [2.05, 4.69) is 10.1 Å². The van der Waals surface area contributed by atoms with Crippen LogP contribution in [-0.4, -0.2) is 19.3 Å². The van der Waals surface area contributed by atoms with Gasteiger partial charge in [0, 0.05) is 0 Å². The van der Waals surface area contributed by atoms with Gasteiger partial charge in [-0.15, -0.1) is 0 Å². The van der Waals surface area contributed by atoms with Crippen molar-refractivity contribution in [2.24, 2.45) is 0 Å². The van der Waals surface area contributed by atoms with Crippen LogP contribution in [-0.2, 0) is 5.54 Å². The minimum Gasteiger partial charge on any atom is -0.435 e. The molecule has 0 aliphatic rings. The summed E-state index contributed by atoms with van der Waals surface area (Å²) in [5.41, 5.74) is -2.29. The number of halogens is 5. The number of rotatable bonds is 6. The number of alkyl halides is 5. The average Bonchev–Trinajstić information content (AvgIpc) is 2.34. The van der Waals surface area contributed by atoms with Crippen LogP contribution in [0.3, 0.4) is 0 Å². The predicted molar refractivity (Wildman–Crippen MR) is 64.8 cm³/mol. The number of nitrogens with one attached hydrogen (secondary N) is 1. The van der Waals surface area contributed by atoms with Crippen molar-refractivity contribution in [1.82, 2.24) is 5.32 Å². The number of benzene rings is 1. The molecule has 0 heterocycles. The Morgan fingerprint density at radius 1 is 1.15 bits per heavy atom. The summed E-state index contributed by atoms with van der Waals surface area (Å²) in [6, 6.07) is 4.46. The Labute approximate surface area is 113 Å². The largest absolute Gasteiger partial charge is 0.435 e. The molecule has 7 heteroatoms. The summed E-state index contributed by atoms with van der Waals surface area (Å²) in [6.45, 7) is -0.0478. The second kappa shape index (κ2) is 6.39. The van der Waals surface area contributed by atoms with Crippen molar-refractivity contribution in [3.05, 3.63) is 29.8 Å². The maximum atomic E-state index is 13.2. The molecule has 0 aliphatic carbocycles. The first-order valence-corrected chi connectivity index (χ1v) is 6.08. The van der Waals surface area contributed by atoms with Crippen LogP contribution < -0.4 is 10.1 Å². The molecule has 0 fully saturated rings. The minimum absolute atomic E-state index is 0.0555. The standard InChI is InChI=1S/C13H16F5NO/c1-3-8-19-12(2,13(16,17)18)9-4-6-10(7-5-9)20-11(14)15/h4-7,11,19H,3,8H2,1-2H3. The van der Waals surface area contributed by atoms with Crippen LogP contribution >= 0.6 is 0 Å². The summed E-state index contributed by atoms with van der Waals surface area (Å²) < 4.78 is 67.7. The molecule has 1 atom stereocenters. The molecule has 1 N–H and O–H groups in total. The number of hydrogen-bond donors (Lipinski definition) is 1. The van der Waals surface area contributed by atoms with Gasteiger partial charge in [0.1, 0.15) is 11.3 Å². The lowest BCUT2D eigenvalue weighted by Gasteiger charge is -2.33. The van der Waals surface area contributed by atoms with Crippen molar-refractivity contribution < 1.29 is 26.7 Å². The third-order valence-electron chi connectivity index (χ3n) is 2.95. The van der Waals surface area contributed by atoms with Crippen LogP contribution in [0.25, 0.3) is 0 Å². The van der Waals surface area contributed by atoms with Gasteiger partial charge in [-0.1, -0.05) is 19.1 Å². The molecule has 0 spiro atoms. The SMILES string of the molecule is CCCNC(C)(c1ccc(OC(F)F)cc1)C(F)(F)F. The Balaban J connectivity index is 3.03. The molecule has 0 amide bonds. The Kier molecular flexibility index (Phi) is 5.33. The Bertz CT molecular complexity index is 418. The van der Waals surface area contributed by atoms with Gasteiger partial charge in [-0.05, 0) is 37.6 Å². The van der Waals surface area contributed by atoms with E-state index in [0.717, 1.165) is 31.2 Å². The molecule has 0 saturated carbocycles. The Morgan fingerprint density at radius 3 is 2.10 bits per heavy atom. The van der Waals surface area contributed by atoms with Gasteiger partial charge >= 0.3 is 12.8 Å². The minimum atomic E-state index is -4.51. The van der Waals surface area contributed by atoms with Gasteiger partial charge in [0.05, 0.1) is 0 Å². The molecular formula is C13H16F5NO. The summed E-state index contributed by atoms with van der Waals surface area (Å²) in [7, 11) is 0.